The van der Waals surface area contributed by atoms with Gasteiger partial charge in [0.25, 0.3) is 0 Å². The van der Waals surface area contributed by atoms with Crippen molar-refractivity contribution in [3.63, 3.8) is 0 Å². The largest absolute Gasteiger partial charge is 0.437 e. The quantitative estimate of drug-likeness (QED) is 0.404. The van der Waals surface area contributed by atoms with E-state index >= 15 is 0 Å². The van der Waals surface area contributed by atoms with Gasteiger partial charge < -0.3 is 20.6 Å². The molecule has 2 atom stereocenters. The Kier molecular flexibility index (Phi) is 6.87. The Balaban J connectivity index is 2.81. The van der Waals surface area contributed by atoms with Crippen molar-refractivity contribution in [2.24, 2.45) is 0 Å². The zero-order valence-corrected chi connectivity index (χ0v) is 24.0. The van der Waals surface area contributed by atoms with Gasteiger partial charge in [0.15, 0.2) is 16.6 Å². The molecule has 0 radical (unpaired) electrons. The first-order valence-electron chi connectivity index (χ1n) is 8.79. The van der Waals surface area contributed by atoms with E-state index in [4.69, 9.17) is 20.6 Å². The SMILES string of the molecule is C[Si](C)(C)O[Si](C)(C)O[Si]1(C)C#C[Si](C)(O[Si](C)(C)O[Si](C)(C)C)O1. The lowest BCUT2D eigenvalue weighted by molar-refractivity contribution is 0.296. The Morgan fingerprint density at radius 2 is 0.880 bits per heavy atom. The zero-order chi connectivity index (χ0) is 19.9. The van der Waals surface area contributed by atoms with Gasteiger partial charge in [-0.05, 0) is 78.6 Å². The van der Waals surface area contributed by atoms with E-state index in [9.17, 15) is 0 Å². The molecule has 146 valence electrons. The third kappa shape index (κ3) is 8.93. The summed E-state index contributed by atoms with van der Waals surface area (Å²) < 4.78 is 31.8. The molecular formula is C14H36O5Si6. The van der Waals surface area contributed by atoms with E-state index in [2.05, 4.69) is 76.6 Å². The molecule has 0 aliphatic carbocycles. The average molecular weight is 453 g/mol. The van der Waals surface area contributed by atoms with Crippen molar-refractivity contribution in [2.45, 2.75) is 78.6 Å². The predicted octanol–water partition coefficient (Wildman–Crippen LogP) is 4.38. The molecule has 0 aromatic carbocycles. The highest BCUT2D eigenvalue weighted by atomic mass is 28.5. The lowest BCUT2D eigenvalue weighted by atomic mass is 11.4. The van der Waals surface area contributed by atoms with E-state index in [0.29, 0.717) is 0 Å². The van der Waals surface area contributed by atoms with Crippen LogP contribution >= 0.6 is 0 Å². The van der Waals surface area contributed by atoms with Crippen molar-refractivity contribution in [1.82, 2.24) is 0 Å². The van der Waals surface area contributed by atoms with Crippen molar-refractivity contribution >= 4 is 50.9 Å². The molecule has 0 N–H and O–H groups in total. The molecule has 0 aromatic heterocycles. The van der Waals surface area contributed by atoms with E-state index < -0.39 is 50.9 Å². The molecule has 0 bridgehead atoms. The Hall–Kier alpha value is 0.661. The summed E-state index contributed by atoms with van der Waals surface area (Å²) in [6.45, 7) is 25.4. The second-order valence-electron chi connectivity index (χ2n) is 9.68. The molecule has 0 fully saturated rings. The first-order chi connectivity index (χ1) is 10.7. The summed E-state index contributed by atoms with van der Waals surface area (Å²) in [4.78, 5) is 0. The fourth-order valence-electron chi connectivity index (χ4n) is 3.20. The molecule has 5 nitrogen and oxygen atoms in total. The van der Waals surface area contributed by atoms with Crippen molar-refractivity contribution in [3.8, 4) is 11.1 Å². The lowest BCUT2D eigenvalue weighted by Crippen LogP contribution is -2.58. The maximum atomic E-state index is 6.41. The normalized spacial score (nSPS) is 28.0. The van der Waals surface area contributed by atoms with Gasteiger partial charge in [0.2, 0.25) is 0 Å². The van der Waals surface area contributed by atoms with Gasteiger partial charge in [-0.25, -0.2) is 0 Å². The van der Waals surface area contributed by atoms with Crippen molar-refractivity contribution < 1.29 is 20.6 Å². The highest BCUT2D eigenvalue weighted by Gasteiger charge is 2.53. The van der Waals surface area contributed by atoms with Gasteiger partial charge in [-0.15, -0.1) is 0 Å². The summed E-state index contributed by atoms with van der Waals surface area (Å²) in [6, 6.07) is 0. The minimum Gasteiger partial charge on any atom is -0.437 e. The Labute approximate surface area is 161 Å². The molecular weight excluding hydrogens is 417 g/mol. The molecule has 1 aliphatic rings. The van der Waals surface area contributed by atoms with Crippen LogP contribution < -0.4 is 0 Å². The molecule has 25 heavy (non-hydrogen) atoms. The van der Waals surface area contributed by atoms with Crippen LogP contribution in [-0.2, 0) is 20.6 Å². The number of hydrogen-bond donors (Lipinski definition) is 0. The van der Waals surface area contributed by atoms with Gasteiger partial charge in [0, 0.05) is 0 Å². The molecule has 0 amide bonds. The smallest absolute Gasteiger partial charge is 0.403 e. The van der Waals surface area contributed by atoms with Crippen molar-refractivity contribution in [2.75, 3.05) is 0 Å². The van der Waals surface area contributed by atoms with Crippen LogP contribution in [0.2, 0.25) is 78.6 Å². The van der Waals surface area contributed by atoms with E-state index in [0.717, 1.165) is 0 Å². The zero-order valence-electron chi connectivity index (χ0n) is 18.0. The molecule has 1 aliphatic heterocycles. The summed E-state index contributed by atoms with van der Waals surface area (Å²) in [6.07, 6.45) is 0. The summed E-state index contributed by atoms with van der Waals surface area (Å²) in [5.74, 6) is 0. The van der Waals surface area contributed by atoms with Crippen molar-refractivity contribution in [3.05, 3.63) is 0 Å². The summed E-state index contributed by atoms with van der Waals surface area (Å²) in [7, 11) is -13.1. The summed E-state index contributed by atoms with van der Waals surface area (Å²) in [5.41, 5.74) is 6.56. The topological polar surface area (TPSA) is 46.2 Å². The number of hydrogen-bond acceptors (Lipinski definition) is 5. The minimum absolute atomic E-state index is 1.67. The predicted molar refractivity (Wildman–Crippen MR) is 118 cm³/mol. The molecule has 0 spiro atoms. The van der Waals surface area contributed by atoms with Crippen LogP contribution in [0.25, 0.3) is 0 Å². The fraction of sp³-hybridized carbons (Fsp3) is 0.857. The molecule has 1 rings (SSSR count). The second-order valence-corrected chi connectivity index (χ2v) is 32.1. The maximum Gasteiger partial charge on any atom is 0.403 e. The minimum atomic E-state index is -2.60. The third-order valence-electron chi connectivity index (χ3n) is 2.89. The fourth-order valence-corrected chi connectivity index (χ4v) is 30.3. The van der Waals surface area contributed by atoms with Crippen LogP contribution in [0, 0.1) is 11.1 Å². The summed E-state index contributed by atoms with van der Waals surface area (Å²) in [5, 5.41) is 0. The number of rotatable bonds is 8. The Morgan fingerprint density at radius 3 is 1.12 bits per heavy atom. The van der Waals surface area contributed by atoms with Gasteiger partial charge in [-0.2, -0.15) is 0 Å². The van der Waals surface area contributed by atoms with Crippen LogP contribution in [0.3, 0.4) is 0 Å². The van der Waals surface area contributed by atoms with E-state index in [1.54, 1.807) is 0 Å². The first-order valence-corrected chi connectivity index (χ1v) is 25.9. The second kappa shape index (κ2) is 7.24. The van der Waals surface area contributed by atoms with Gasteiger partial charge in [-0.1, -0.05) is 11.1 Å². The molecule has 0 saturated carbocycles. The van der Waals surface area contributed by atoms with Crippen LogP contribution in [0.4, 0.5) is 0 Å². The molecule has 0 aromatic rings. The van der Waals surface area contributed by atoms with Gasteiger partial charge >= 0.3 is 34.2 Å². The lowest BCUT2D eigenvalue weighted by Gasteiger charge is -2.38. The Morgan fingerprint density at radius 1 is 0.600 bits per heavy atom. The summed E-state index contributed by atoms with van der Waals surface area (Å²) >= 11 is 0. The van der Waals surface area contributed by atoms with Gasteiger partial charge in [0.1, 0.15) is 0 Å². The highest BCUT2D eigenvalue weighted by molar-refractivity contribution is 6.99. The highest BCUT2D eigenvalue weighted by Crippen LogP contribution is 2.29. The van der Waals surface area contributed by atoms with Crippen LogP contribution in [0.15, 0.2) is 0 Å². The van der Waals surface area contributed by atoms with Crippen molar-refractivity contribution in [1.29, 1.82) is 0 Å². The third-order valence-corrected chi connectivity index (χ3v) is 23.3. The molecule has 1 heterocycles. The van der Waals surface area contributed by atoms with Crippen LogP contribution in [0.5, 0.6) is 0 Å². The standard InChI is InChI=1S/C14H36O5Si6/c1-20(2,3)15-22(7,8)17-24(11)13-14-25(12,19-24)18-23(9,10)16-21(4,5)6/h1-12H3. The van der Waals surface area contributed by atoms with Crippen LogP contribution in [0.1, 0.15) is 0 Å². The van der Waals surface area contributed by atoms with Gasteiger partial charge in [0.05, 0.1) is 0 Å². The molecule has 2 unspecified atom stereocenters. The van der Waals surface area contributed by atoms with E-state index in [1.807, 2.05) is 13.1 Å². The monoisotopic (exact) mass is 452 g/mol. The molecule has 11 heteroatoms. The average Bonchev–Trinajstić information content (AvgIpc) is 2.42. The maximum absolute atomic E-state index is 6.41. The van der Waals surface area contributed by atoms with E-state index in [1.165, 1.54) is 0 Å². The van der Waals surface area contributed by atoms with E-state index in [-0.39, 0.29) is 0 Å². The first kappa shape index (κ1) is 23.7. The van der Waals surface area contributed by atoms with Crippen LogP contribution in [-0.4, -0.2) is 50.9 Å². The van der Waals surface area contributed by atoms with Gasteiger partial charge in [-0.3, -0.25) is 0 Å². The molecule has 0 saturated heterocycles. The Bertz CT molecular complexity index is 513.